The molecule has 0 aliphatic rings. The lowest BCUT2D eigenvalue weighted by Gasteiger charge is -2.29. The Morgan fingerprint density at radius 1 is 1.35 bits per heavy atom. The second-order valence-electron chi connectivity index (χ2n) is 4.90. The molecule has 1 rings (SSSR count). The number of nitrogens with one attached hydrogen (secondary N) is 1. The molecule has 6 heteroatoms. The molecule has 0 fully saturated rings. The second kappa shape index (κ2) is 8.93. The van der Waals surface area contributed by atoms with E-state index in [1.165, 1.54) is 0 Å². The summed E-state index contributed by atoms with van der Waals surface area (Å²) in [7, 11) is 3.74. The first-order valence-electron chi connectivity index (χ1n) is 6.21. The number of likely N-dealkylation sites (N-methyl/N-ethyl adjacent to an activating group) is 2. The third-order valence-electron chi connectivity index (χ3n) is 2.75. The number of carbonyl (C=O) groups excluding carboxylic acids is 1. The first-order chi connectivity index (χ1) is 8.86. The lowest BCUT2D eigenvalue weighted by atomic mass is 10.2. The predicted molar refractivity (Wildman–Crippen MR) is 92.9 cm³/mol. The van der Waals surface area contributed by atoms with Gasteiger partial charge in [0.05, 0.1) is 4.75 Å². The molecule has 1 aromatic rings. The van der Waals surface area contributed by atoms with Crippen molar-refractivity contribution >= 4 is 46.0 Å². The molecule has 0 aliphatic heterocycles. The van der Waals surface area contributed by atoms with Crippen molar-refractivity contribution in [1.29, 1.82) is 0 Å². The highest BCUT2D eigenvalue weighted by molar-refractivity contribution is 9.10. The molecule has 0 unspecified atom stereocenters. The first kappa shape index (κ1) is 19.8. The molecule has 0 radical (unpaired) electrons. The summed E-state index contributed by atoms with van der Waals surface area (Å²) in [5.74, 6) is 0.149. The minimum Gasteiger partial charge on any atom is -0.343 e. The van der Waals surface area contributed by atoms with E-state index in [4.69, 9.17) is 0 Å². The van der Waals surface area contributed by atoms with Gasteiger partial charge < -0.3 is 10.2 Å². The summed E-state index contributed by atoms with van der Waals surface area (Å²) >= 11 is 5.01. The molecule has 0 heterocycles. The fourth-order valence-corrected chi connectivity index (χ4v) is 3.05. The van der Waals surface area contributed by atoms with Crippen molar-refractivity contribution in [2.24, 2.45) is 0 Å². The number of hydrogen-bond donors (Lipinski definition) is 1. The summed E-state index contributed by atoms with van der Waals surface area (Å²) < 4.78 is 0.586. The average molecular weight is 382 g/mol. The predicted octanol–water partition coefficient (Wildman–Crippen LogP) is 3.42. The van der Waals surface area contributed by atoms with E-state index in [9.17, 15) is 4.79 Å². The van der Waals surface area contributed by atoms with E-state index in [0.717, 1.165) is 22.5 Å². The van der Waals surface area contributed by atoms with Crippen LogP contribution in [0, 0.1) is 0 Å². The van der Waals surface area contributed by atoms with Crippen molar-refractivity contribution in [3.63, 3.8) is 0 Å². The van der Waals surface area contributed by atoms with Gasteiger partial charge in [-0.3, -0.25) is 4.79 Å². The van der Waals surface area contributed by atoms with E-state index in [1.54, 1.807) is 16.7 Å². The van der Waals surface area contributed by atoms with Crippen molar-refractivity contribution in [3.05, 3.63) is 28.7 Å². The second-order valence-corrected chi connectivity index (χ2v) is 7.51. The molecular weight excluding hydrogens is 360 g/mol. The van der Waals surface area contributed by atoms with Gasteiger partial charge in [0, 0.05) is 29.5 Å². The smallest absolute Gasteiger partial charge is 0.238 e. The molecule has 20 heavy (non-hydrogen) atoms. The van der Waals surface area contributed by atoms with Crippen LogP contribution in [0.15, 0.2) is 33.6 Å². The zero-order valence-corrected chi connectivity index (χ0v) is 15.5. The number of hydrogen-bond acceptors (Lipinski definition) is 3. The quantitative estimate of drug-likeness (QED) is 0.766. The van der Waals surface area contributed by atoms with Crippen molar-refractivity contribution in [2.75, 3.05) is 27.2 Å². The number of carbonyl (C=O) groups is 1. The molecule has 1 amide bonds. The van der Waals surface area contributed by atoms with Crippen LogP contribution in [0.5, 0.6) is 0 Å². The fourth-order valence-electron chi connectivity index (χ4n) is 1.68. The van der Waals surface area contributed by atoms with Crippen molar-refractivity contribution < 1.29 is 4.79 Å². The Labute approximate surface area is 140 Å². The van der Waals surface area contributed by atoms with Gasteiger partial charge in [0.2, 0.25) is 5.91 Å². The average Bonchev–Trinajstić information content (AvgIpc) is 2.37. The molecule has 3 nitrogen and oxygen atoms in total. The third-order valence-corrected chi connectivity index (χ3v) is 4.47. The van der Waals surface area contributed by atoms with Crippen LogP contribution in [0.3, 0.4) is 0 Å². The summed E-state index contributed by atoms with van der Waals surface area (Å²) in [4.78, 5) is 15.3. The van der Waals surface area contributed by atoms with Gasteiger partial charge in [-0.2, -0.15) is 0 Å². The minimum atomic E-state index is -0.462. The van der Waals surface area contributed by atoms with Crippen molar-refractivity contribution in [2.45, 2.75) is 23.5 Å². The summed E-state index contributed by atoms with van der Waals surface area (Å²) in [6, 6.07) is 8.04. The number of nitrogens with zero attached hydrogens (tertiary/aromatic N) is 1. The van der Waals surface area contributed by atoms with Crippen LogP contribution in [0.1, 0.15) is 13.8 Å². The van der Waals surface area contributed by atoms with Gasteiger partial charge in [-0.25, -0.2) is 0 Å². The van der Waals surface area contributed by atoms with Crippen LogP contribution in [0.25, 0.3) is 0 Å². The van der Waals surface area contributed by atoms with Gasteiger partial charge in [0.25, 0.3) is 0 Å². The highest BCUT2D eigenvalue weighted by atomic mass is 79.9. The number of halogens is 2. The lowest BCUT2D eigenvalue weighted by molar-refractivity contribution is -0.131. The van der Waals surface area contributed by atoms with Crippen molar-refractivity contribution in [3.8, 4) is 0 Å². The fraction of sp³-hybridized carbons (Fsp3) is 0.500. The lowest BCUT2D eigenvalue weighted by Crippen LogP contribution is -2.43. The molecule has 114 valence electrons. The van der Waals surface area contributed by atoms with Crippen molar-refractivity contribution in [1.82, 2.24) is 10.2 Å². The normalized spacial score (nSPS) is 10.8. The monoisotopic (exact) mass is 380 g/mol. The summed E-state index contributed by atoms with van der Waals surface area (Å²) in [5, 5.41) is 3.05. The van der Waals surface area contributed by atoms with Gasteiger partial charge in [-0.1, -0.05) is 15.9 Å². The van der Waals surface area contributed by atoms with Gasteiger partial charge in [0.1, 0.15) is 0 Å². The zero-order valence-electron chi connectivity index (χ0n) is 12.3. The Kier molecular flexibility index (Phi) is 8.82. The summed E-state index contributed by atoms with van der Waals surface area (Å²) in [6.45, 7) is 5.47. The molecule has 1 aromatic carbocycles. The SMILES string of the molecule is CNCCN(C)C(=O)C(C)(C)Sc1ccc(Br)cc1.Cl. The molecular formula is C14H22BrClN2OS. The van der Waals surface area contributed by atoms with E-state index in [0.29, 0.717) is 0 Å². The molecule has 0 atom stereocenters. The van der Waals surface area contributed by atoms with Gasteiger partial charge in [-0.15, -0.1) is 24.2 Å². The molecule has 0 saturated carbocycles. The van der Waals surface area contributed by atoms with Gasteiger partial charge >= 0.3 is 0 Å². The van der Waals surface area contributed by atoms with Crippen LogP contribution >= 0.6 is 40.1 Å². The largest absolute Gasteiger partial charge is 0.343 e. The van der Waals surface area contributed by atoms with Crippen LogP contribution in [-0.2, 0) is 4.79 Å². The molecule has 1 N–H and O–H groups in total. The van der Waals surface area contributed by atoms with Crippen LogP contribution < -0.4 is 5.32 Å². The first-order valence-corrected chi connectivity index (χ1v) is 7.82. The van der Waals surface area contributed by atoms with Crippen LogP contribution in [0.2, 0.25) is 0 Å². The molecule has 0 aliphatic carbocycles. The topological polar surface area (TPSA) is 32.3 Å². The number of thioether (sulfide) groups is 1. The molecule has 0 spiro atoms. The Hall–Kier alpha value is -0.230. The standard InChI is InChI=1S/C14H21BrN2OS.ClH/c1-14(2,13(18)17(4)10-9-16-3)19-12-7-5-11(15)6-8-12;/h5-8,16H,9-10H2,1-4H3;1H. The maximum absolute atomic E-state index is 12.4. The van der Waals surface area contributed by atoms with Gasteiger partial charge in [0.15, 0.2) is 0 Å². The maximum Gasteiger partial charge on any atom is 0.238 e. The highest BCUT2D eigenvalue weighted by Gasteiger charge is 2.31. The van der Waals surface area contributed by atoms with E-state index < -0.39 is 4.75 Å². The molecule has 0 aromatic heterocycles. The molecule has 0 saturated heterocycles. The number of rotatable bonds is 6. The summed E-state index contributed by atoms with van der Waals surface area (Å²) in [6.07, 6.45) is 0. The summed E-state index contributed by atoms with van der Waals surface area (Å²) in [5.41, 5.74) is 0. The van der Waals surface area contributed by atoms with E-state index in [-0.39, 0.29) is 18.3 Å². The van der Waals surface area contributed by atoms with E-state index in [2.05, 4.69) is 21.2 Å². The van der Waals surface area contributed by atoms with Crippen LogP contribution in [-0.4, -0.2) is 42.7 Å². The number of benzene rings is 1. The zero-order chi connectivity index (χ0) is 14.5. The Morgan fingerprint density at radius 2 is 1.90 bits per heavy atom. The Morgan fingerprint density at radius 3 is 2.40 bits per heavy atom. The number of amides is 1. The van der Waals surface area contributed by atoms with E-state index in [1.807, 2.05) is 52.2 Å². The highest BCUT2D eigenvalue weighted by Crippen LogP contribution is 2.34. The Bertz CT molecular complexity index is 426. The third kappa shape index (κ3) is 6.04. The van der Waals surface area contributed by atoms with Gasteiger partial charge in [-0.05, 0) is 45.2 Å². The molecule has 0 bridgehead atoms. The van der Waals surface area contributed by atoms with Crippen LogP contribution in [0.4, 0.5) is 0 Å². The Balaban J connectivity index is 0.00000361. The van der Waals surface area contributed by atoms with E-state index >= 15 is 0 Å². The minimum absolute atomic E-state index is 0. The maximum atomic E-state index is 12.4.